The summed E-state index contributed by atoms with van der Waals surface area (Å²) in [6, 6.07) is 16.1. The standard InChI is InChI=1S/C17H17N3O/c1-18-16(11-20-12-19-10-9-17(20)21)15-8-4-6-13-5-2-3-7-14(13)15/h2-10,12,16,18H,11H2,1H3. The molecule has 0 fully saturated rings. The number of hydrogen-bond donors (Lipinski definition) is 1. The van der Waals surface area contributed by atoms with Gasteiger partial charge in [-0.3, -0.25) is 9.36 Å². The summed E-state index contributed by atoms with van der Waals surface area (Å²) in [7, 11) is 1.91. The van der Waals surface area contributed by atoms with Crippen molar-refractivity contribution in [3.05, 3.63) is 77.0 Å². The summed E-state index contributed by atoms with van der Waals surface area (Å²) in [4.78, 5) is 15.9. The molecule has 0 saturated carbocycles. The smallest absolute Gasteiger partial charge is 0.253 e. The Labute approximate surface area is 123 Å². The van der Waals surface area contributed by atoms with Crippen molar-refractivity contribution in [2.45, 2.75) is 12.6 Å². The van der Waals surface area contributed by atoms with Crippen molar-refractivity contribution in [3.63, 3.8) is 0 Å². The van der Waals surface area contributed by atoms with Crippen LogP contribution in [0.5, 0.6) is 0 Å². The molecule has 4 heteroatoms. The Hall–Kier alpha value is -2.46. The molecule has 0 bridgehead atoms. The van der Waals surface area contributed by atoms with Crippen LogP contribution < -0.4 is 10.9 Å². The first-order valence-corrected chi connectivity index (χ1v) is 6.95. The lowest BCUT2D eigenvalue weighted by Gasteiger charge is -2.19. The molecule has 2 aromatic carbocycles. The SMILES string of the molecule is CNC(Cn1cnccc1=O)c1cccc2ccccc12. The van der Waals surface area contributed by atoms with E-state index in [4.69, 9.17) is 0 Å². The molecule has 0 aliphatic heterocycles. The fraction of sp³-hybridized carbons (Fsp3) is 0.176. The van der Waals surface area contributed by atoms with Crippen LogP contribution in [-0.2, 0) is 6.54 Å². The van der Waals surface area contributed by atoms with Gasteiger partial charge in [-0.15, -0.1) is 0 Å². The highest BCUT2D eigenvalue weighted by Gasteiger charge is 2.13. The molecule has 0 aliphatic rings. The van der Waals surface area contributed by atoms with Gasteiger partial charge in [0, 0.05) is 18.8 Å². The molecule has 0 radical (unpaired) electrons. The monoisotopic (exact) mass is 279 g/mol. The molecule has 0 spiro atoms. The summed E-state index contributed by atoms with van der Waals surface area (Å²) in [6.07, 6.45) is 3.10. The summed E-state index contributed by atoms with van der Waals surface area (Å²) >= 11 is 0. The number of fused-ring (bicyclic) bond motifs is 1. The second kappa shape index (κ2) is 5.89. The largest absolute Gasteiger partial charge is 0.311 e. The molecule has 1 aromatic heterocycles. The zero-order valence-electron chi connectivity index (χ0n) is 11.9. The van der Waals surface area contributed by atoms with Gasteiger partial charge in [0.15, 0.2) is 0 Å². The van der Waals surface area contributed by atoms with Gasteiger partial charge in [0.2, 0.25) is 0 Å². The van der Waals surface area contributed by atoms with Crippen molar-refractivity contribution in [1.29, 1.82) is 0 Å². The number of nitrogens with zero attached hydrogens (tertiary/aromatic N) is 2. The Balaban J connectivity index is 2.03. The molecule has 0 amide bonds. The first-order chi connectivity index (χ1) is 10.3. The van der Waals surface area contributed by atoms with Gasteiger partial charge in [0.25, 0.3) is 5.56 Å². The number of likely N-dealkylation sites (N-methyl/N-ethyl adjacent to an activating group) is 1. The van der Waals surface area contributed by atoms with Crippen LogP contribution in [0.15, 0.2) is 65.8 Å². The van der Waals surface area contributed by atoms with Crippen LogP contribution in [0.1, 0.15) is 11.6 Å². The van der Waals surface area contributed by atoms with Crippen LogP contribution in [0.2, 0.25) is 0 Å². The lowest BCUT2D eigenvalue weighted by Crippen LogP contribution is -2.28. The van der Waals surface area contributed by atoms with E-state index < -0.39 is 0 Å². The summed E-state index contributed by atoms with van der Waals surface area (Å²) in [5.74, 6) is 0. The Morgan fingerprint density at radius 2 is 1.95 bits per heavy atom. The van der Waals surface area contributed by atoms with Crippen molar-refractivity contribution >= 4 is 10.8 Å². The lowest BCUT2D eigenvalue weighted by molar-refractivity contribution is 0.489. The highest BCUT2D eigenvalue weighted by atomic mass is 16.1. The summed E-state index contributed by atoms with van der Waals surface area (Å²) < 4.78 is 1.63. The molecule has 1 N–H and O–H groups in total. The number of aromatic nitrogens is 2. The maximum absolute atomic E-state index is 11.9. The first kappa shape index (κ1) is 13.5. The summed E-state index contributed by atoms with van der Waals surface area (Å²) in [6.45, 7) is 0.553. The first-order valence-electron chi connectivity index (χ1n) is 6.95. The molecule has 3 aromatic rings. The highest BCUT2D eigenvalue weighted by Crippen LogP contribution is 2.24. The van der Waals surface area contributed by atoms with E-state index in [9.17, 15) is 4.79 Å². The lowest BCUT2D eigenvalue weighted by atomic mass is 9.98. The number of hydrogen-bond acceptors (Lipinski definition) is 3. The van der Waals surface area contributed by atoms with Crippen LogP contribution in [0.25, 0.3) is 10.8 Å². The Bertz CT molecular complexity index is 805. The third-order valence-electron chi connectivity index (χ3n) is 3.72. The van der Waals surface area contributed by atoms with Gasteiger partial charge in [-0.05, 0) is 23.4 Å². The minimum atomic E-state index is -0.0366. The van der Waals surface area contributed by atoms with E-state index in [-0.39, 0.29) is 11.6 Å². The molecule has 21 heavy (non-hydrogen) atoms. The van der Waals surface area contributed by atoms with Crippen LogP contribution in [0.3, 0.4) is 0 Å². The zero-order valence-corrected chi connectivity index (χ0v) is 11.9. The predicted octanol–water partition coefficient (Wildman–Crippen LogP) is 2.36. The summed E-state index contributed by atoms with van der Waals surface area (Å²) in [5, 5.41) is 5.71. The normalized spacial score (nSPS) is 12.4. The number of benzene rings is 2. The summed E-state index contributed by atoms with van der Waals surface area (Å²) in [5.41, 5.74) is 1.15. The average Bonchev–Trinajstić information content (AvgIpc) is 2.54. The molecule has 106 valence electrons. The van der Waals surface area contributed by atoms with Crippen molar-refractivity contribution in [3.8, 4) is 0 Å². The third kappa shape index (κ3) is 2.71. The molecular formula is C17H17N3O. The van der Waals surface area contributed by atoms with Crippen molar-refractivity contribution in [1.82, 2.24) is 14.9 Å². The van der Waals surface area contributed by atoms with E-state index in [1.165, 1.54) is 28.6 Å². The van der Waals surface area contributed by atoms with E-state index in [1.54, 1.807) is 10.9 Å². The molecular weight excluding hydrogens is 262 g/mol. The highest BCUT2D eigenvalue weighted by molar-refractivity contribution is 5.86. The Morgan fingerprint density at radius 1 is 1.14 bits per heavy atom. The Kier molecular flexibility index (Phi) is 3.79. The minimum absolute atomic E-state index is 0.0366. The van der Waals surface area contributed by atoms with E-state index in [2.05, 4.69) is 34.6 Å². The van der Waals surface area contributed by atoms with Gasteiger partial charge in [-0.2, -0.15) is 0 Å². The van der Waals surface area contributed by atoms with Crippen molar-refractivity contribution in [2.75, 3.05) is 7.05 Å². The van der Waals surface area contributed by atoms with E-state index in [0.29, 0.717) is 6.54 Å². The number of nitrogens with one attached hydrogen (secondary N) is 1. The molecule has 4 nitrogen and oxygen atoms in total. The topological polar surface area (TPSA) is 46.9 Å². The molecule has 1 heterocycles. The Morgan fingerprint density at radius 3 is 2.76 bits per heavy atom. The average molecular weight is 279 g/mol. The minimum Gasteiger partial charge on any atom is -0.311 e. The van der Waals surface area contributed by atoms with Gasteiger partial charge < -0.3 is 5.32 Å². The van der Waals surface area contributed by atoms with Gasteiger partial charge in [-0.1, -0.05) is 42.5 Å². The molecule has 0 saturated heterocycles. The van der Waals surface area contributed by atoms with E-state index in [0.717, 1.165) is 0 Å². The van der Waals surface area contributed by atoms with Crippen molar-refractivity contribution in [2.24, 2.45) is 0 Å². The molecule has 3 rings (SSSR count). The molecule has 1 atom stereocenters. The fourth-order valence-corrected chi connectivity index (χ4v) is 2.61. The van der Waals surface area contributed by atoms with Gasteiger partial charge >= 0.3 is 0 Å². The fourth-order valence-electron chi connectivity index (χ4n) is 2.61. The third-order valence-corrected chi connectivity index (χ3v) is 3.72. The van der Waals surface area contributed by atoms with Gasteiger partial charge in [0.1, 0.15) is 0 Å². The quantitative estimate of drug-likeness (QED) is 0.797. The molecule has 1 unspecified atom stereocenters. The van der Waals surface area contributed by atoms with E-state index in [1.807, 2.05) is 25.2 Å². The maximum Gasteiger partial charge on any atom is 0.253 e. The zero-order chi connectivity index (χ0) is 14.7. The number of rotatable bonds is 4. The van der Waals surface area contributed by atoms with Gasteiger partial charge in [-0.25, -0.2) is 4.98 Å². The second-order valence-electron chi connectivity index (χ2n) is 4.98. The predicted molar refractivity (Wildman–Crippen MR) is 84.2 cm³/mol. The van der Waals surface area contributed by atoms with Crippen LogP contribution in [0.4, 0.5) is 0 Å². The molecule has 0 aliphatic carbocycles. The second-order valence-corrected chi connectivity index (χ2v) is 4.98. The van der Waals surface area contributed by atoms with Crippen molar-refractivity contribution < 1.29 is 0 Å². The van der Waals surface area contributed by atoms with E-state index >= 15 is 0 Å². The van der Waals surface area contributed by atoms with Crippen LogP contribution >= 0.6 is 0 Å². The van der Waals surface area contributed by atoms with Crippen LogP contribution in [0, 0.1) is 0 Å². The van der Waals surface area contributed by atoms with Gasteiger partial charge in [0.05, 0.1) is 12.4 Å². The maximum atomic E-state index is 11.9. The van der Waals surface area contributed by atoms with Crippen LogP contribution in [-0.4, -0.2) is 16.6 Å².